The number of benzene rings is 1. The summed E-state index contributed by atoms with van der Waals surface area (Å²) >= 11 is 0. The average Bonchev–Trinajstić information content (AvgIpc) is 2.72. The Kier molecular flexibility index (Phi) is 6.99. The van der Waals surface area contributed by atoms with E-state index in [0.29, 0.717) is 36.4 Å². The van der Waals surface area contributed by atoms with Gasteiger partial charge in [0.25, 0.3) is 0 Å². The van der Waals surface area contributed by atoms with Gasteiger partial charge in [-0.3, -0.25) is 4.79 Å². The van der Waals surface area contributed by atoms with E-state index >= 15 is 0 Å². The summed E-state index contributed by atoms with van der Waals surface area (Å²) in [6.07, 6.45) is 4.06. The minimum Gasteiger partial charge on any atom is -0.368 e. The number of rotatable bonds is 8. The first-order valence-corrected chi connectivity index (χ1v) is 9.18. The smallest absolute Gasteiger partial charge is 0.244 e. The molecular formula is C21H20F2N6O. The van der Waals surface area contributed by atoms with Gasteiger partial charge in [0, 0.05) is 37.0 Å². The molecule has 7 nitrogen and oxygen atoms in total. The molecular weight excluding hydrogens is 390 g/mol. The van der Waals surface area contributed by atoms with Crippen molar-refractivity contribution in [1.29, 1.82) is 0 Å². The maximum absolute atomic E-state index is 13.5. The lowest BCUT2D eigenvalue weighted by Crippen LogP contribution is -2.27. The van der Waals surface area contributed by atoms with Crippen LogP contribution < -0.4 is 16.0 Å². The molecule has 0 unspecified atom stereocenters. The molecule has 3 rings (SSSR count). The van der Waals surface area contributed by atoms with Crippen molar-refractivity contribution in [2.45, 2.75) is 6.92 Å². The van der Waals surface area contributed by atoms with E-state index in [9.17, 15) is 13.6 Å². The van der Waals surface area contributed by atoms with Crippen LogP contribution >= 0.6 is 0 Å². The molecule has 0 aliphatic heterocycles. The van der Waals surface area contributed by atoms with Crippen molar-refractivity contribution in [2.24, 2.45) is 0 Å². The molecule has 3 N–H and O–H groups in total. The topological polar surface area (TPSA) is 91.8 Å². The first-order valence-electron chi connectivity index (χ1n) is 9.18. The Labute approximate surface area is 172 Å². The molecule has 154 valence electrons. The zero-order valence-corrected chi connectivity index (χ0v) is 16.2. The molecule has 0 aliphatic rings. The summed E-state index contributed by atoms with van der Waals surface area (Å²) in [6, 6.07) is 10.3. The van der Waals surface area contributed by atoms with Crippen LogP contribution in [0.3, 0.4) is 0 Å². The number of carbonyl (C=O) groups excluding carboxylic acids is 1. The fourth-order valence-electron chi connectivity index (χ4n) is 2.53. The molecule has 1 amide bonds. The predicted octanol–water partition coefficient (Wildman–Crippen LogP) is 3.44. The van der Waals surface area contributed by atoms with Crippen molar-refractivity contribution >= 4 is 29.4 Å². The summed E-state index contributed by atoms with van der Waals surface area (Å²) in [5.41, 5.74) is 0.00710. The number of nitrogens with zero attached hydrogens (tertiary/aromatic N) is 3. The van der Waals surface area contributed by atoms with Gasteiger partial charge in [0.15, 0.2) is 0 Å². The van der Waals surface area contributed by atoms with Crippen molar-refractivity contribution in [3.8, 4) is 0 Å². The number of carbonyl (C=O) groups is 1. The molecule has 0 spiro atoms. The Balaban J connectivity index is 1.48. The van der Waals surface area contributed by atoms with Crippen molar-refractivity contribution in [3.05, 3.63) is 77.8 Å². The van der Waals surface area contributed by atoms with Gasteiger partial charge in [-0.25, -0.2) is 23.7 Å². The highest BCUT2D eigenvalue weighted by Gasteiger charge is 2.04. The van der Waals surface area contributed by atoms with E-state index in [-0.39, 0.29) is 5.56 Å². The van der Waals surface area contributed by atoms with E-state index in [1.165, 1.54) is 6.08 Å². The van der Waals surface area contributed by atoms with E-state index in [1.54, 1.807) is 19.2 Å². The first kappa shape index (κ1) is 20.8. The quantitative estimate of drug-likeness (QED) is 0.389. The molecule has 0 aliphatic carbocycles. The van der Waals surface area contributed by atoms with Crippen LogP contribution in [-0.4, -0.2) is 33.9 Å². The molecule has 3 aromatic rings. The summed E-state index contributed by atoms with van der Waals surface area (Å²) in [7, 11) is 0. The molecule has 0 atom stereocenters. The first-order chi connectivity index (χ1) is 14.5. The van der Waals surface area contributed by atoms with E-state index < -0.39 is 17.5 Å². The Morgan fingerprint density at radius 3 is 2.67 bits per heavy atom. The van der Waals surface area contributed by atoms with Gasteiger partial charge in [0.05, 0.1) is 0 Å². The van der Waals surface area contributed by atoms with Gasteiger partial charge < -0.3 is 16.0 Å². The number of amides is 1. The fraction of sp³-hybridized carbons (Fsp3) is 0.143. The number of halogens is 2. The number of aryl methyl sites for hydroxylation is 1. The molecule has 1 aromatic carbocycles. The third-order valence-corrected chi connectivity index (χ3v) is 3.86. The molecule has 0 saturated carbocycles. The molecule has 9 heteroatoms. The second-order valence-corrected chi connectivity index (χ2v) is 6.24. The molecule has 0 fully saturated rings. The number of pyridine rings is 1. The lowest BCUT2D eigenvalue weighted by Gasteiger charge is -2.10. The Hall–Kier alpha value is -3.88. The maximum atomic E-state index is 13.5. The van der Waals surface area contributed by atoms with Gasteiger partial charge in [0.2, 0.25) is 5.91 Å². The van der Waals surface area contributed by atoms with Crippen LogP contribution in [0.15, 0.2) is 54.7 Å². The maximum Gasteiger partial charge on any atom is 0.244 e. The van der Waals surface area contributed by atoms with Gasteiger partial charge in [-0.1, -0.05) is 6.07 Å². The van der Waals surface area contributed by atoms with Crippen molar-refractivity contribution in [1.82, 2.24) is 20.3 Å². The van der Waals surface area contributed by atoms with E-state index in [2.05, 4.69) is 30.9 Å². The zero-order chi connectivity index (χ0) is 21.3. The van der Waals surface area contributed by atoms with Crippen LogP contribution in [0.1, 0.15) is 11.4 Å². The van der Waals surface area contributed by atoms with Gasteiger partial charge >= 0.3 is 0 Å². The summed E-state index contributed by atoms with van der Waals surface area (Å²) in [5.74, 6) is 0.823. The lowest BCUT2D eigenvalue weighted by atomic mass is 10.2. The van der Waals surface area contributed by atoms with Crippen LogP contribution in [0.5, 0.6) is 0 Å². The van der Waals surface area contributed by atoms with Crippen LogP contribution in [0.4, 0.5) is 26.2 Å². The second kappa shape index (κ2) is 10.1. The highest BCUT2D eigenvalue weighted by atomic mass is 19.1. The number of nitrogens with one attached hydrogen (secondary N) is 3. The van der Waals surface area contributed by atoms with E-state index in [4.69, 9.17) is 0 Å². The van der Waals surface area contributed by atoms with Gasteiger partial charge in [0.1, 0.15) is 34.9 Å². The summed E-state index contributed by atoms with van der Waals surface area (Å²) in [4.78, 5) is 24.7. The third kappa shape index (κ3) is 6.33. The van der Waals surface area contributed by atoms with Crippen LogP contribution in [0.25, 0.3) is 6.08 Å². The van der Waals surface area contributed by atoms with Crippen LogP contribution in [0.2, 0.25) is 0 Å². The fourth-order valence-corrected chi connectivity index (χ4v) is 2.53. The molecule has 30 heavy (non-hydrogen) atoms. The van der Waals surface area contributed by atoms with Crippen molar-refractivity contribution in [2.75, 3.05) is 23.7 Å². The zero-order valence-electron chi connectivity index (χ0n) is 16.2. The number of anilines is 3. The number of hydrogen-bond donors (Lipinski definition) is 3. The average molecular weight is 410 g/mol. The van der Waals surface area contributed by atoms with Gasteiger partial charge in [-0.2, -0.15) is 0 Å². The summed E-state index contributed by atoms with van der Waals surface area (Å²) in [6.45, 7) is 2.49. The molecule has 0 bridgehead atoms. The summed E-state index contributed by atoms with van der Waals surface area (Å²) < 4.78 is 26.7. The Morgan fingerprint density at radius 2 is 1.87 bits per heavy atom. The number of aromatic nitrogens is 3. The second-order valence-electron chi connectivity index (χ2n) is 6.24. The van der Waals surface area contributed by atoms with Crippen LogP contribution in [-0.2, 0) is 4.79 Å². The lowest BCUT2D eigenvalue weighted by molar-refractivity contribution is -0.116. The minimum atomic E-state index is -0.601. The molecule has 2 aromatic heterocycles. The van der Waals surface area contributed by atoms with Crippen molar-refractivity contribution < 1.29 is 13.6 Å². The van der Waals surface area contributed by atoms with Gasteiger partial charge in [-0.05, 0) is 43.3 Å². The van der Waals surface area contributed by atoms with E-state index in [1.807, 2.05) is 18.2 Å². The monoisotopic (exact) mass is 410 g/mol. The highest BCUT2D eigenvalue weighted by Crippen LogP contribution is 2.15. The summed E-state index contributed by atoms with van der Waals surface area (Å²) in [5, 5.41) is 8.85. The third-order valence-electron chi connectivity index (χ3n) is 3.86. The number of hydrogen-bond acceptors (Lipinski definition) is 6. The minimum absolute atomic E-state index is 0.00710. The standard InChI is InChI=1S/C21H20F2N6O/c1-14-27-19(13-20(28-14)29-18-4-2-3-9-24-18)25-10-11-26-21(30)8-5-15-12-16(22)6-7-17(15)23/h2-9,12-13H,10-11H2,1H3,(H,26,30)(H2,24,25,27,28,29)/b8-5+. The normalized spacial score (nSPS) is 10.8. The molecule has 2 heterocycles. The largest absolute Gasteiger partial charge is 0.368 e. The predicted molar refractivity (Wildman–Crippen MR) is 111 cm³/mol. The Morgan fingerprint density at radius 1 is 1.03 bits per heavy atom. The molecule has 0 saturated heterocycles. The Bertz CT molecular complexity index is 1040. The SMILES string of the molecule is Cc1nc(NCCNC(=O)/C=C/c2cc(F)ccc2F)cc(Nc2ccccn2)n1. The van der Waals surface area contributed by atoms with Crippen molar-refractivity contribution in [3.63, 3.8) is 0 Å². The molecule has 0 radical (unpaired) electrons. The van der Waals surface area contributed by atoms with E-state index in [0.717, 1.165) is 24.3 Å². The van der Waals surface area contributed by atoms with Crippen LogP contribution in [0, 0.1) is 18.6 Å². The highest BCUT2D eigenvalue weighted by molar-refractivity contribution is 5.91. The van der Waals surface area contributed by atoms with Gasteiger partial charge in [-0.15, -0.1) is 0 Å².